The Hall–Kier alpha value is -1.53. The van der Waals surface area contributed by atoms with Gasteiger partial charge in [0.1, 0.15) is 4.90 Å². The first-order chi connectivity index (χ1) is 13.7. The number of sulfonamides is 1. The van der Waals surface area contributed by atoms with Crippen LogP contribution >= 0.6 is 0 Å². The highest BCUT2D eigenvalue weighted by Crippen LogP contribution is 2.28. The Balaban J connectivity index is 2.19. The van der Waals surface area contributed by atoms with E-state index in [9.17, 15) is 21.9 Å². The normalized spacial score (nSPS) is 19.4. The Morgan fingerprint density at radius 3 is 2.69 bits per heavy atom. The Bertz CT molecular complexity index is 888. The number of anilines is 1. The summed E-state index contributed by atoms with van der Waals surface area (Å²) in [7, 11) is -7.07. The molecule has 11 heteroatoms. The Labute approximate surface area is 172 Å². The van der Waals surface area contributed by atoms with Crippen LogP contribution in [0.2, 0.25) is 0 Å². The number of rotatable bonds is 11. The number of aliphatic hydroxyl groups excluding tert-OH is 1. The molecule has 2 rings (SSSR count). The molecule has 1 aromatic rings. The molecule has 0 amide bonds. The van der Waals surface area contributed by atoms with Crippen molar-refractivity contribution in [3.05, 3.63) is 31.1 Å². The smallest absolute Gasteiger partial charge is 0.244 e. The van der Waals surface area contributed by atoms with Crippen LogP contribution in [0.4, 0.5) is 5.69 Å². The average molecular weight is 448 g/mol. The van der Waals surface area contributed by atoms with Gasteiger partial charge in [-0.2, -0.15) is 0 Å². The summed E-state index contributed by atoms with van der Waals surface area (Å²) in [6, 6.07) is 1.13. The van der Waals surface area contributed by atoms with Gasteiger partial charge in [0.25, 0.3) is 0 Å². The van der Waals surface area contributed by atoms with Gasteiger partial charge in [0.05, 0.1) is 35.4 Å². The first-order valence-corrected chi connectivity index (χ1v) is 12.7. The third-order valence-electron chi connectivity index (χ3n) is 4.88. The molecule has 0 bridgehead atoms. The lowest BCUT2D eigenvalue weighted by atomic mass is 9.97. The zero-order chi connectivity index (χ0) is 21.5. The van der Waals surface area contributed by atoms with Crippen molar-refractivity contribution in [1.82, 2.24) is 9.71 Å². The SMILES string of the molecule is C=CC[C@@H](CO)Nc1ccncc1S(=O)(=O)NCC1(OCC)CCS(=O)(=O)CC1. The van der Waals surface area contributed by atoms with Gasteiger partial charge in [0, 0.05) is 25.5 Å². The van der Waals surface area contributed by atoms with Gasteiger partial charge >= 0.3 is 0 Å². The van der Waals surface area contributed by atoms with Crippen molar-refractivity contribution in [3.8, 4) is 0 Å². The summed E-state index contributed by atoms with van der Waals surface area (Å²) < 4.78 is 57.7. The predicted octanol–water partition coefficient (Wildman–Crippen LogP) is 0.693. The number of hydrogen-bond acceptors (Lipinski definition) is 8. The van der Waals surface area contributed by atoms with E-state index >= 15 is 0 Å². The molecule has 1 fully saturated rings. The Morgan fingerprint density at radius 1 is 1.41 bits per heavy atom. The number of sulfone groups is 1. The van der Waals surface area contributed by atoms with Crippen molar-refractivity contribution in [2.45, 2.75) is 42.7 Å². The summed E-state index contributed by atoms with van der Waals surface area (Å²) in [4.78, 5) is 3.85. The van der Waals surface area contributed by atoms with Crippen molar-refractivity contribution in [3.63, 3.8) is 0 Å². The number of hydrogen-bond donors (Lipinski definition) is 3. The number of pyridine rings is 1. The zero-order valence-corrected chi connectivity index (χ0v) is 18.1. The number of nitrogens with one attached hydrogen (secondary N) is 2. The second-order valence-electron chi connectivity index (χ2n) is 7.01. The Morgan fingerprint density at radius 2 is 2.10 bits per heavy atom. The van der Waals surface area contributed by atoms with Crippen molar-refractivity contribution in [2.75, 3.05) is 36.6 Å². The van der Waals surface area contributed by atoms with E-state index in [1.165, 1.54) is 18.5 Å². The molecule has 0 radical (unpaired) electrons. The molecule has 1 saturated heterocycles. The number of nitrogens with zero attached hydrogens (tertiary/aromatic N) is 1. The van der Waals surface area contributed by atoms with Crippen LogP contribution in [0.3, 0.4) is 0 Å². The first-order valence-electron chi connectivity index (χ1n) is 9.43. The van der Waals surface area contributed by atoms with Crippen LogP contribution in [0.5, 0.6) is 0 Å². The topological polar surface area (TPSA) is 135 Å². The van der Waals surface area contributed by atoms with Gasteiger partial charge in [-0.3, -0.25) is 4.98 Å². The maximum atomic E-state index is 12.9. The highest BCUT2D eigenvalue weighted by Gasteiger charge is 2.39. The molecule has 2 heterocycles. The first kappa shape index (κ1) is 23.7. The number of aliphatic hydroxyl groups is 1. The van der Waals surface area contributed by atoms with Crippen LogP contribution in [0.25, 0.3) is 0 Å². The fourth-order valence-electron chi connectivity index (χ4n) is 3.21. The summed E-state index contributed by atoms with van der Waals surface area (Å²) >= 11 is 0. The minimum atomic E-state index is -3.96. The summed E-state index contributed by atoms with van der Waals surface area (Å²) in [6.07, 6.45) is 5.23. The van der Waals surface area contributed by atoms with Crippen molar-refractivity contribution >= 4 is 25.5 Å². The van der Waals surface area contributed by atoms with Crippen molar-refractivity contribution in [2.24, 2.45) is 0 Å². The zero-order valence-electron chi connectivity index (χ0n) is 16.5. The van der Waals surface area contributed by atoms with E-state index in [4.69, 9.17) is 4.74 Å². The summed E-state index contributed by atoms with van der Waals surface area (Å²) in [5, 5.41) is 12.5. The molecule has 3 N–H and O–H groups in total. The lowest BCUT2D eigenvalue weighted by molar-refractivity contribution is -0.0415. The Kier molecular flexibility index (Phi) is 8.18. The van der Waals surface area contributed by atoms with Gasteiger partial charge in [0.15, 0.2) is 9.84 Å². The van der Waals surface area contributed by atoms with Gasteiger partial charge < -0.3 is 15.2 Å². The standard InChI is InChI=1S/C18H29N3O6S2/c1-3-5-15(13-22)21-16-6-9-19-12-17(16)29(25,26)20-14-18(27-4-2)7-10-28(23,24)11-8-18/h3,6,9,12,15,20,22H,1,4-5,7-8,10-11,13-14H2,2H3,(H,19,21)/t15-/m0/s1. The fourth-order valence-corrected chi connectivity index (χ4v) is 6.00. The molecule has 0 unspecified atom stereocenters. The molecule has 1 aromatic heterocycles. The van der Waals surface area contributed by atoms with Gasteiger partial charge in [-0.1, -0.05) is 6.08 Å². The highest BCUT2D eigenvalue weighted by atomic mass is 32.2. The minimum Gasteiger partial charge on any atom is -0.394 e. The van der Waals surface area contributed by atoms with E-state index in [1.807, 2.05) is 0 Å². The summed E-state index contributed by atoms with van der Waals surface area (Å²) in [5.74, 6) is -0.0671. The van der Waals surface area contributed by atoms with E-state index in [2.05, 4.69) is 21.6 Å². The molecular formula is C18H29N3O6S2. The van der Waals surface area contributed by atoms with Crippen molar-refractivity contribution < 1.29 is 26.7 Å². The summed E-state index contributed by atoms with van der Waals surface area (Å²) in [5.41, 5.74) is -0.551. The van der Waals surface area contributed by atoms with Crippen LogP contribution in [0, 0.1) is 0 Å². The monoisotopic (exact) mass is 447 g/mol. The number of aromatic nitrogens is 1. The molecule has 1 aliphatic heterocycles. The predicted molar refractivity (Wildman–Crippen MR) is 111 cm³/mol. The van der Waals surface area contributed by atoms with Gasteiger partial charge in [0.2, 0.25) is 10.0 Å². The largest absolute Gasteiger partial charge is 0.394 e. The lowest BCUT2D eigenvalue weighted by Crippen LogP contribution is -2.50. The van der Waals surface area contributed by atoms with Crippen LogP contribution in [-0.4, -0.2) is 69.8 Å². The van der Waals surface area contributed by atoms with E-state index < -0.39 is 25.5 Å². The van der Waals surface area contributed by atoms with Crippen LogP contribution < -0.4 is 10.0 Å². The van der Waals surface area contributed by atoms with Crippen LogP contribution in [-0.2, 0) is 24.6 Å². The molecular weight excluding hydrogens is 418 g/mol. The molecule has 0 aromatic carbocycles. The van der Waals surface area contributed by atoms with Gasteiger partial charge in [-0.05, 0) is 32.3 Å². The van der Waals surface area contributed by atoms with E-state index in [0.717, 1.165) is 0 Å². The van der Waals surface area contributed by atoms with Crippen LogP contribution in [0.15, 0.2) is 36.0 Å². The second-order valence-corrected chi connectivity index (χ2v) is 11.1. The average Bonchev–Trinajstić information content (AvgIpc) is 2.69. The van der Waals surface area contributed by atoms with E-state index in [0.29, 0.717) is 18.7 Å². The molecule has 29 heavy (non-hydrogen) atoms. The van der Waals surface area contributed by atoms with E-state index in [1.54, 1.807) is 13.0 Å². The fraction of sp³-hybridized carbons (Fsp3) is 0.611. The van der Waals surface area contributed by atoms with Gasteiger partial charge in [-0.15, -0.1) is 6.58 Å². The number of ether oxygens (including phenoxy) is 1. The maximum Gasteiger partial charge on any atom is 0.244 e. The minimum absolute atomic E-state index is 0.0336. The highest BCUT2D eigenvalue weighted by molar-refractivity contribution is 7.91. The summed E-state index contributed by atoms with van der Waals surface area (Å²) in [6.45, 7) is 5.53. The van der Waals surface area contributed by atoms with Gasteiger partial charge in [-0.25, -0.2) is 21.6 Å². The second kappa shape index (κ2) is 9.98. The molecule has 164 valence electrons. The third kappa shape index (κ3) is 6.48. The molecule has 9 nitrogen and oxygen atoms in total. The molecule has 1 atom stereocenters. The maximum absolute atomic E-state index is 12.9. The lowest BCUT2D eigenvalue weighted by Gasteiger charge is -2.36. The third-order valence-corrected chi connectivity index (χ3v) is 7.96. The molecule has 0 aliphatic carbocycles. The molecule has 1 aliphatic rings. The molecule has 0 saturated carbocycles. The molecule has 0 spiro atoms. The van der Waals surface area contributed by atoms with Crippen molar-refractivity contribution in [1.29, 1.82) is 0 Å². The van der Waals surface area contributed by atoms with E-state index in [-0.39, 0.29) is 48.4 Å². The quantitative estimate of drug-likeness (QED) is 0.422. The van der Waals surface area contributed by atoms with Crippen LogP contribution in [0.1, 0.15) is 26.2 Å².